The molecule has 112 valence electrons. The Kier molecular flexibility index (Phi) is 4.24. The Labute approximate surface area is 131 Å². The molecule has 1 unspecified atom stereocenters. The molecule has 2 aromatic rings. The Morgan fingerprint density at radius 3 is 2.81 bits per heavy atom. The molecule has 1 saturated heterocycles. The van der Waals surface area contributed by atoms with Gasteiger partial charge in [-0.3, -0.25) is 4.68 Å². The number of rotatable bonds is 4. The topological polar surface area (TPSA) is 29.9 Å². The van der Waals surface area contributed by atoms with Gasteiger partial charge in [0.05, 0.1) is 6.54 Å². The van der Waals surface area contributed by atoms with Crippen LogP contribution in [-0.4, -0.2) is 27.3 Å². The van der Waals surface area contributed by atoms with Crippen LogP contribution in [0.1, 0.15) is 25.8 Å². The molecule has 4 heteroatoms. The van der Waals surface area contributed by atoms with Crippen LogP contribution in [0, 0.1) is 5.41 Å². The summed E-state index contributed by atoms with van der Waals surface area (Å²) in [7, 11) is 0. The van der Waals surface area contributed by atoms with Crippen LogP contribution in [0.4, 0.5) is 5.69 Å². The molecule has 21 heavy (non-hydrogen) atoms. The van der Waals surface area contributed by atoms with E-state index in [0.717, 1.165) is 6.54 Å². The van der Waals surface area contributed by atoms with Gasteiger partial charge in [0, 0.05) is 29.9 Å². The monoisotopic (exact) mass is 301 g/mol. The minimum absolute atomic E-state index is 0.445. The molecule has 1 aliphatic heterocycles. The second kappa shape index (κ2) is 6.14. The summed E-state index contributed by atoms with van der Waals surface area (Å²) in [6.07, 6.45) is 5.06. The lowest BCUT2D eigenvalue weighted by molar-refractivity contribution is 0.358. The number of nitrogens with zero attached hydrogens (tertiary/aromatic N) is 2. The smallest absolute Gasteiger partial charge is 0.0659 e. The van der Waals surface area contributed by atoms with Gasteiger partial charge in [0.2, 0.25) is 0 Å². The zero-order valence-corrected chi connectivity index (χ0v) is 13.6. The maximum absolute atomic E-state index is 4.24. The Morgan fingerprint density at radius 2 is 2.14 bits per heavy atom. The van der Waals surface area contributed by atoms with Gasteiger partial charge in [0.25, 0.3) is 0 Å². The molecule has 1 fully saturated rings. The normalized spacial score (nSPS) is 21.1. The third-order valence-corrected chi connectivity index (χ3v) is 5.46. The van der Waals surface area contributed by atoms with Crippen LogP contribution >= 0.6 is 11.8 Å². The van der Waals surface area contributed by atoms with Crippen molar-refractivity contribution in [2.24, 2.45) is 5.41 Å². The standard InChI is InChI=1S/C17H23N3S/c1-17(2)10-16(12-21-13-17)19-15-6-4-14(5-7-15)11-20-9-3-8-18-20/h3-9,16,19H,10-13H2,1-2H3. The van der Waals surface area contributed by atoms with Gasteiger partial charge in [-0.1, -0.05) is 26.0 Å². The average Bonchev–Trinajstić information content (AvgIpc) is 2.93. The number of benzene rings is 1. The molecule has 1 aromatic heterocycles. The number of anilines is 1. The van der Waals surface area contributed by atoms with E-state index in [1.807, 2.05) is 23.1 Å². The molecule has 1 aliphatic rings. The summed E-state index contributed by atoms with van der Waals surface area (Å²) in [5.74, 6) is 2.48. The van der Waals surface area contributed by atoms with E-state index in [0.29, 0.717) is 11.5 Å². The summed E-state index contributed by atoms with van der Waals surface area (Å²) in [5, 5.41) is 7.92. The van der Waals surface area contributed by atoms with E-state index in [2.05, 4.69) is 60.3 Å². The second-order valence-corrected chi connectivity index (χ2v) is 7.66. The van der Waals surface area contributed by atoms with Crippen LogP contribution in [-0.2, 0) is 6.54 Å². The third kappa shape index (κ3) is 4.03. The van der Waals surface area contributed by atoms with Gasteiger partial charge in [0.1, 0.15) is 0 Å². The zero-order chi connectivity index (χ0) is 14.7. The molecule has 3 rings (SSSR count). The van der Waals surface area contributed by atoms with E-state index < -0.39 is 0 Å². The van der Waals surface area contributed by atoms with Crippen molar-refractivity contribution < 1.29 is 0 Å². The number of hydrogen-bond acceptors (Lipinski definition) is 3. The number of aromatic nitrogens is 2. The van der Waals surface area contributed by atoms with Gasteiger partial charge >= 0.3 is 0 Å². The van der Waals surface area contributed by atoms with Crippen LogP contribution in [0.15, 0.2) is 42.7 Å². The summed E-state index contributed by atoms with van der Waals surface area (Å²) < 4.78 is 1.95. The van der Waals surface area contributed by atoms with Crippen molar-refractivity contribution in [3.63, 3.8) is 0 Å². The van der Waals surface area contributed by atoms with Crippen molar-refractivity contribution in [2.75, 3.05) is 16.8 Å². The van der Waals surface area contributed by atoms with Crippen LogP contribution in [0.5, 0.6) is 0 Å². The van der Waals surface area contributed by atoms with E-state index >= 15 is 0 Å². The fourth-order valence-corrected chi connectivity index (χ4v) is 4.15. The lowest BCUT2D eigenvalue weighted by Crippen LogP contribution is -2.35. The largest absolute Gasteiger partial charge is 0.381 e. The summed E-state index contributed by atoms with van der Waals surface area (Å²) in [5.41, 5.74) is 2.95. The van der Waals surface area contributed by atoms with Crippen molar-refractivity contribution in [1.29, 1.82) is 0 Å². The van der Waals surface area contributed by atoms with Crippen LogP contribution in [0.3, 0.4) is 0 Å². The van der Waals surface area contributed by atoms with Gasteiger partial charge in [-0.15, -0.1) is 0 Å². The van der Waals surface area contributed by atoms with Gasteiger partial charge < -0.3 is 5.32 Å². The molecular formula is C17H23N3S. The summed E-state index contributed by atoms with van der Waals surface area (Å²) >= 11 is 2.06. The van der Waals surface area contributed by atoms with Crippen LogP contribution < -0.4 is 5.32 Å². The summed E-state index contributed by atoms with van der Waals surface area (Å²) in [4.78, 5) is 0. The first kappa shape index (κ1) is 14.5. The van der Waals surface area contributed by atoms with Gasteiger partial charge in [-0.05, 0) is 41.4 Å². The first-order chi connectivity index (χ1) is 10.1. The highest BCUT2D eigenvalue weighted by molar-refractivity contribution is 7.99. The van der Waals surface area contributed by atoms with Crippen molar-refractivity contribution in [3.8, 4) is 0 Å². The quantitative estimate of drug-likeness (QED) is 0.929. The van der Waals surface area contributed by atoms with Crippen LogP contribution in [0.2, 0.25) is 0 Å². The summed E-state index contributed by atoms with van der Waals surface area (Å²) in [6.45, 7) is 5.56. The van der Waals surface area contributed by atoms with Gasteiger partial charge in [0.15, 0.2) is 0 Å². The van der Waals surface area contributed by atoms with E-state index in [1.54, 1.807) is 0 Å². The minimum Gasteiger partial charge on any atom is -0.381 e. The Morgan fingerprint density at radius 1 is 1.33 bits per heavy atom. The molecule has 0 amide bonds. The molecule has 3 nitrogen and oxygen atoms in total. The molecule has 0 saturated carbocycles. The molecule has 0 aliphatic carbocycles. The highest BCUT2D eigenvalue weighted by atomic mass is 32.2. The molecule has 1 aromatic carbocycles. The van der Waals surface area contributed by atoms with E-state index in [-0.39, 0.29) is 0 Å². The highest BCUT2D eigenvalue weighted by Gasteiger charge is 2.28. The Balaban J connectivity index is 1.59. The fraction of sp³-hybridized carbons (Fsp3) is 0.471. The van der Waals surface area contributed by atoms with Gasteiger partial charge in [-0.25, -0.2) is 0 Å². The number of thioether (sulfide) groups is 1. The van der Waals surface area contributed by atoms with Gasteiger partial charge in [-0.2, -0.15) is 16.9 Å². The van der Waals surface area contributed by atoms with Crippen molar-refractivity contribution >= 4 is 17.4 Å². The lowest BCUT2D eigenvalue weighted by atomic mass is 9.88. The Hall–Kier alpha value is -1.42. The maximum atomic E-state index is 4.24. The molecular weight excluding hydrogens is 278 g/mol. The fourth-order valence-electron chi connectivity index (χ4n) is 2.88. The second-order valence-electron chi connectivity index (χ2n) is 6.63. The van der Waals surface area contributed by atoms with Crippen molar-refractivity contribution in [3.05, 3.63) is 48.3 Å². The molecule has 1 atom stereocenters. The number of nitrogens with one attached hydrogen (secondary N) is 1. The minimum atomic E-state index is 0.445. The SMILES string of the molecule is CC1(C)CSCC(Nc2ccc(Cn3cccn3)cc2)C1. The van der Waals surface area contributed by atoms with E-state index in [9.17, 15) is 0 Å². The lowest BCUT2D eigenvalue weighted by Gasteiger charge is -2.35. The predicted molar refractivity (Wildman–Crippen MR) is 90.9 cm³/mol. The predicted octanol–water partition coefficient (Wildman–Crippen LogP) is 3.88. The van der Waals surface area contributed by atoms with Crippen molar-refractivity contribution in [1.82, 2.24) is 9.78 Å². The zero-order valence-electron chi connectivity index (χ0n) is 12.7. The molecule has 0 bridgehead atoms. The van der Waals surface area contributed by atoms with Crippen molar-refractivity contribution in [2.45, 2.75) is 32.9 Å². The Bertz CT molecular complexity index is 560. The molecule has 0 spiro atoms. The average molecular weight is 301 g/mol. The molecule has 2 heterocycles. The highest BCUT2D eigenvalue weighted by Crippen LogP contribution is 2.34. The number of hydrogen-bond donors (Lipinski definition) is 1. The summed E-state index contributed by atoms with van der Waals surface area (Å²) in [6, 6.07) is 11.3. The third-order valence-electron chi connectivity index (χ3n) is 3.84. The first-order valence-corrected chi connectivity index (χ1v) is 8.67. The molecule has 0 radical (unpaired) electrons. The van der Waals surface area contributed by atoms with E-state index in [1.165, 1.54) is 29.2 Å². The van der Waals surface area contributed by atoms with Crippen LogP contribution in [0.25, 0.3) is 0 Å². The first-order valence-electron chi connectivity index (χ1n) is 7.51. The molecule has 1 N–H and O–H groups in total. The maximum Gasteiger partial charge on any atom is 0.0659 e. The van der Waals surface area contributed by atoms with E-state index in [4.69, 9.17) is 0 Å².